The lowest BCUT2D eigenvalue weighted by molar-refractivity contribution is 1.28. The second-order valence-electron chi connectivity index (χ2n) is 26.2. The highest BCUT2D eigenvalue weighted by Gasteiger charge is 2.22. The van der Waals surface area contributed by atoms with Crippen molar-refractivity contribution < 1.29 is 0 Å². The molecule has 0 unspecified atom stereocenters. The molecule has 0 saturated carbocycles. The smallest absolute Gasteiger partial charge is 0.0979 e. The van der Waals surface area contributed by atoms with Gasteiger partial charge in [0.2, 0.25) is 0 Å². The van der Waals surface area contributed by atoms with Crippen LogP contribution >= 0.6 is 0 Å². The summed E-state index contributed by atoms with van der Waals surface area (Å²) in [7, 11) is 0. The van der Waals surface area contributed by atoms with Gasteiger partial charge in [0.1, 0.15) is 0 Å². The van der Waals surface area contributed by atoms with Crippen molar-refractivity contribution in [1.29, 1.82) is 0 Å². The molecule has 0 aliphatic rings. The summed E-state index contributed by atoms with van der Waals surface area (Å²) in [6.07, 6.45) is 10.9. The van der Waals surface area contributed by atoms with Gasteiger partial charge >= 0.3 is 0 Å². The van der Waals surface area contributed by atoms with Crippen molar-refractivity contribution in [3.8, 4) is 135 Å². The lowest BCUT2D eigenvalue weighted by Gasteiger charge is -2.14. The van der Waals surface area contributed by atoms with Crippen LogP contribution < -0.4 is 0 Å². The highest BCUT2D eigenvalue weighted by atomic mass is 14.9. The van der Waals surface area contributed by atoms with E-state index in [-0.39, 0.29) is 0 Å². The Morgan fingerprint density at radius 3 is 0.804 bits per heavy atom. The number of nitrogens with zero attached hydrogens (tertiary/aromatic N) is 12. The normalized spacial score (nSPS) is 10.9. The first-order valence-electron chi connectivity index (χ1n) is 36.9. The molecular weight excluding hydrogens is 1370 g/mol. The molecule has 0 N–H and O–H groups in total. The zero-order valence-electron chi connectivity index (χ0n) is 60.6. The zero-order valence-corrected chi connectivity index (χ0v) is 60.6. The molecule has 0 amide bonds. The zero-order chi connectivity index (χ0) is 75.0. The summed E-state index contributed by atoms with van der Waals surface area (Å²) in [4.78, 5) is 57.4. The lowest BCUT2D eigenvalue weighted by atomic mass is 9.95. The van der Waals surface area contributed by atoms with Crippen molar-refractivity contribution in [1.82, 2.24) is 59.8 Å². The quantitative estimate of drug-likeness (QED) is 0.114. The molecule has 0 atom stereocenters. The molecule has 0 saturated heterocycles. The van der Waals surface area contributed by atoms with Crippen LogP contribution in [0.1, 0.15) is 0 Å². The minimum Gasteiger partial charge on any atom is -0.265 e. The Labute approximate surface area is 648 Å². The van der Waals surface area contributed by atoms with Crippen LogP contribution in [-0.2, 0) is 0 Å². The van der Waals surface area contributed by atoms with Crippen molar-refractivity contribution in [2.75, 3.05) is 0 Å². The molecule has 0 aliphatic carbocycles. The van der Waals surface area contributed by atoms with Gasteiger partial charge in [0.25, 0.3) is 0 Å². The van der Waals surface area contributed by atoms with E-state index in [1.165, 1.54) is 0 Å². The van der Waals surface area contributed by atoms with E-state index >= 15 is 0 Å². The summed E-state index contributed by atoms with van der Waals surface area (Å²) in [5, 5.41) is 0. The summed E-state index contributed by atoms with van der Waals surface area (Å²) >= 11 is 0. The van der Waals surface area contributed by atoms with Crippen molar-refractivity contribution >= 4 is 44.1 Å². The number of pyridine rings is 4. The van der Waals surface area contributed by atoms with Gasteiger partial charge in [-0.25, -0.2) is 39.9 Å². The van der Waals surface area contributed by atoms with Crippen molar-refractivity contribution in [3.05, 3.63) is 413 Å². The first-order valence-corrected chi connectivity index (χ1v) is 36.9. The van der Waals surface area contributed by atoms with Crippen LogP contribution in [0, 0.1) is 0 Å². The van der Waals surface area contributed by atoms with E-state index in [0.29, 0.717) is 0 Å². The molecule has 20 rings (SSSR count). The van der Waals surface area contributed by atoms with Crippen molar-refractivity contribution in [2.24, 2.45) is 0 Å². The van der Waals surface area contributed by atoms with Crippen molar-refractivity contribution in [3.63, 3.8) is 0 Å². The van der Waals surface area contributed by atoms with E-state index in [0.717, 1.165) is 179 Å². The molecule has 12 nitrogen and oxygen atoms in total. The molecule has 0 aliphatic heterocycles. The maximum Gasteiger partial charge on any atom is 0.0979 e. The van der Waals surface area contributed by atoms with Gasteiger partial charge in [0.05, 0.1) is 101 Å². The predicted octanol–water partition coefficient (Wildman–Crippen LogP) is 24.1. The van der Waals surface area contributed by atoms with E-state index in [2.05, 4.69) is 135 Å². The fraction of sp³-hybridized carbons (Fsp3) is 0. The van der Waals surface area contributed by atoms with E-state index in [9.17, 15) is 0 Å². The number of fused-ring (bicyclic) bond motifs is 4. The van der Waals surface area contributed by atoms with Crippen LogP contribution in [-0.4, -0.2) is 59.8 Å². The highest BCUT2D eigenvalue weighted by molar-refractivity contribution is 5.96. The Hall–Kier alpha value is -15.4. The van der Waals surface area contributed by atoms with Crippen molar-refractivity contribution in [2.45, 2.75) is 0 Å². The third-order valence-electron chi connectivity index (χ3n) is 19.0. The number of hydrogen-bond acceptors (Lipinski definition) is 12. The molecule has 0 radical (unpaired) electrons. The first-order chi connectivity index (χ1) is 55.6. The number of benzene rings is 12. The summed E-state index contributed by atoms with van der Waals surface area (Å²) in [5.41, 5.74) is 30.9. The molecule has 112 heavy (non-hydrogen) atoms. The largest absolute Gasteiger partial charge is 0.265 e. The summed E-state index contributed by atoms with van der Waals surface area (Å²) in [5.74, 6) is 0. The topological polar surface area (TPSA) is 155 Å². The molecule has 0 bridgehead atoms. The Balaban J connectivity index is 0.000000108. The monoisotopic (exact) mass is 1440 g/mol. The molecule has 528 valence electrons. The fourth-order valence-electron chi connectivity index (χ4n) is 13.7. The maximum absolute atomic E-state index is 5.03. The minimum absolute atomic E-state index is 0.867. The Morgan fingerprint density at radius 2 is 0.429 bits per heavy atom. The van der Waals surface area contributed by atoms with Gasteiger partial charge in [0, 0.05) is 98.4 Å². The van der Waals surface area contributed by atoms with E-state index in [1.54, 1.807) is 6.20 Å². The molecule has 0 fully saturated rings. The molecule has 12 heteroatoms. The van der Waals surface area contributed by atoms with E-state index in [4.69, 9.17) is 39.9 Å². The Morgan fingerprint density at radius 1 is 0.143 bits per heavy atom. The first kappa shape index (κ1) is 69.6. The van der Waals surface area contributed by atoms with Crippen LogP contribution in [0.25, 0.3) is 179 Å². The van der Waals surface area contributed by atoms with Gasteiger partial charge in [-0.3, -0.25) is 19.9 Å². The number of hydrogen-bond donors (Lipinski definition) is 0. The molecular formula is C100H68N12. The van der Waals surface area contributed by atoms with Crippen LogP contribution in [0.3, 0.4) is 0 Å². The second-order valence-corrected chi connectivity index (χ2v) is 26.2. The summed E-state index contributed by atoms with van der Waals surface area (Å²) < 4.78 is 0. The molecule has 8 aromatic heterocycles. The van der Waals surface area contributed by atoms with Crippen LogP contribution in [0.15, 0.2) is 413 Å². The van der Waals surface area contributed by atoms with Crippen LogP contribution in [0.2, 0.25) is 0 Å². The van der Waals surface area contributed by atoms with Crippen LogP contribution in [0.4, 0.5) is 0 Å². The second kappa shape index (κ2) is 33.2. The number of rotatable bonds is 12. The van der Waals surface area contributed by atoms with Gasteiger partial charge in [-0.1, -0.05) is 279 Å². The molecule has 8 heterocycles. The maximum atomic E-state index is 5.03. The molecule has 0 spiro atoms. The third kappa shape index (κ3) is 15.5. The number of aromatic nitrogens is 12. The average Bonchev–Trinajstić information content (AvgIpc) is 0.763. The third-order valence-corrected chi connectivity index (χ3v) is 19.0. The van der Waals surface area contributed by atoms with Gasteiger partial charge < -0.3 is 0 Å². The average molecular weight is 1440 g/mol. The standard InChI is InChI=1S/4C25H17N3/c1-2-10-18(11-3-1)24-25(28-23-16-7-6-15-22(23)27-24)20-13-5-4-12-19(20)21-14-8-9-17-26-21;1-2-9-18(10-3-1)24-25(28-23-15-5-4-14-22(23)27-24)20-12-8-11-19(17-20)21-13-6-7-16-26-21;1-2-9-18(10-3-1)24-25(28-23-15-7-6-14-22(23)27-24)21-13-5-4-12-20(21)19-11-8-16-26-17-19;1-2-8-19(9-3-1)24-25(28-23-13-7-6-12-22(23)27-24)21-11-5-4-10-20(21)18-14-16-26-17-15-18/h4*1-17H. The molecule has 12 aromatic carbocycles. The summed E-state index contributed by atoms with van der Waals surface area (Å²) in [6.45, 7) is 0. The fourth-order valence-corrected chi connectivity index (χ4v) is 13.7. The SMILES string of the molecule is c1ccc(-c2nc3ccccc3nc2-c2cccc(-c3ccccn3)c2)cc1.c1ccc(-c2nc3ccccc3nc2-c2ccccc2-c2ccccn2)cc1.c1ccc(-c2nc3ccccc3nc2-c2ccccc2-c2cccnc2)cc1.c1ccc(-c2nc3ccccc3nc2-c2ccccc2-c2ccncc2)cc1. The van der Waals surface area contributed by atoms with Crippen LogP contribution in [0.5, 0.6) is 0 Å². The Kier molecular flexibility index (Phi) is 20.6. The van der Waals surface area contributed by atoms with Gasteiger partial charge in [-0.05, 0) is 114 Å². The van der Waals surface area contributed by atoms with Gasteiger partial charge in [-0.15, -0.1) is 0 Å². The van der Waals surface area contributed by atoms with E-state index < -0.39 is 0 Å². The summed E-state index contributed by atoms with van der Waals surface area (Å²) in [6, 6.07) is 126. The van der Waals surface area contributed by atoms with Gasteiger partial charge in [-0.2, -0.15) is 0 Å². The number of para-hydroxylation sites is 8. The van der Waals surface area contributed by atoms with E-state index in [1.807, 2.05) is 292 Å². The minimum atomic E-state index is 0.867. The highest BCUT2D eigenvalue weighted by Crippen LogP contribution is 2.41. The predicted molar refractivity (Wildman–Crippen MR) is 455 cm³/mol. The lowest BCUT2D eigenvalue weighted by Crippen LogP contribution is -1.97. The Bertz CT molecular complexity index is 6100. The molecule has 20 aromatic rings. The van der Waals surface area contributed by atoms with Gasteiger partial charge in [0.15, 0.2) is 0 Å².